The van der Waals surface area contributed by atoms with Gasteiger partial charge in [0.1, 0.15) is 23.9 Å². The molecule has 0 radical (unpaired) electrons. The van der Waals surface area contributed by atoms with E-state index in [2.05, 4.69) is 15.6 Å². The normalized spacial score (nSPS) is 14.6. The van der Waals surface area contributed by atoms with Gasteiger partial charge in [-0.05, 0) is 61.7 Å². The van der Waals surface area contributed by atoms with Gasteiger partial charge in [0.25, 0.3) is 0 Å². The third-order valence-electron chi connectivity index (χ3n) is 7.15. The lowest BCUT2D eigenvalue weighted by Gasteiger charge is -2.33. The number of nitrogens with zero attached hydrogens (tertiary/aromatic N) is 4. The number of nitrogens with one attached hydrogen (secondary N) is 1. The van der Waals surface area contributed by atoms with Crippen molar-refractivity contribution in [2.24, 2.45) is 0 Å². The van der Waals surface area contributed by atoms with Crippen LogP contribution in [0.2, 0.25) is 0 Å². The Labute approximate surface area is 225 Å². The maximum atomic E-state index is 14.1. The molecule has 3 aromatic carbocycles. The van der Waals surface area contributed by atoms with Crippen LogP contribution in [-0.2, 0) is 16.1 Å². The SMILES string of the molecule is CC(=O)c1cccc(N(C(=O)Cn2nnc3ccccc32)C(C(=O)NC2CCCCC2)c2ccc(F)cc2)c1. The number of fused-ring (bicyclic) bond motifs is 1. The summed E-state index contributed by atoms with van der Waals surface area (Å²) in [7, 11) is 0. The van der Waals surface area contributed by atoms with Gasteiger partial charge >= 0.3 is 0 Å². The molecule has 0 aliphatic heterocycles. The van der Waals surface area contributed by atoms with Crippen molar-refractivity contribution in [3.8, 4) is 0 Å². The fourth-order valence-corrected chi connectivity index (χ4v) is 5.14. The van der Waals surface area contributed by atoms with Gasteiger partial charge in [0, 0.05) is 17.3 Å². The summed E-state index contributed by atoms with van der Waals surface area (Å²) in [5.41, 5.74) is 2.55. The summed E-state index contributed by atoms with van der Waals surface area (Å²) in [6, 6.07) is 18.4. The van der Waals surface area contributed by atoms with Gasteiger partial charge in [0.05, 0.1) is 5.52 Å². The molecule has 2 amide bonds. The highest BCUT2D eigenvalue weighted by atomic mass is 19.1. The molecule has 9 heteroatoms. The topological polar surface area (TPSA) is 97.2 Å². The molecule has 0 bridgehead atoms. The molecule has 1 aliphatic carbocycles. The molecule has 0 saturated heterocycles. The number of hydrogen-bond acceptors (Lipinski definition) is 5. The van der Waals surface area contributed by atoms with Crippen molar-refractivity contribution >= 4 is 34.3 Å². The first-order valence-corrected chi connectivity index (χ1v) is 13.2. The largest absolute Gasteiger partial charge is 0.351 e. The molecule has 4 aromatic rings. The van der Waals surface area contributed by atoms with Crippen molar-refractivity contribution in [3.63, 3.8) is 0 Å². The number of benzene rings is 3. The lowest BCUT2D eigenvalue weighted by atomic mass is 9.94. The molecule has 200 valence electrons. The van der Waals surface area contributed by atoms with Crippen LogP contribution < -0.4 is 10.2 Å². The molecular formula is C30H30FN5O3. The lowest BCUT2D eigenvalue weighted by Crippen LogP contribution is -2.48. The van der Waals surface area contributed by atoms with Crippen molar-refractivity contribution in [1.82, 2.24) is 20.3 Å². The van der Waals surface area contributed by atoms with Crippen LogP contribution in [0.5, 0.6) is 0 Å². The second-order valence-electron chi connectivity index (χ2n) is 9.90. The monoisotopic (exact) mass is 527 g/mol. The van der Waals surface area contributed by atoms with E-state index in [0.29, 0.717) is 27.8 Å². The molecule has 1 aromatic heterocycles. The standard InChI is InChI=1S/C30H30FN5O3/c1-20(37)22-8-7-11-25(18-22)36(28(38)19-35-27-13-6-5-12-26(27)33-34-35)29(21-14-16-23(31)17-15-21)30(39)32-24-9-3-2-4-10-24/h5-8,11-18,24,29H,2-4,9-10,19H2,1H3,(H,32,39). The number of carbonyl (C=O) groups is 3. The molecule has 1 aliphatic rings. The number of carbonyl (C=O) groups excluding carboxylic acids is 3. The number of rotatable bonds is 8. The molecule has 5 rings (SSSR count). The maximum absolute atomic E-state index is 14.1. The van der Waals surface area contributed by atoms with E-state index in [4.69, 9.17) is 0 Å². The van der Waals surface area contributed by atoms with Crippen LogP contribution in [0, 0.1) is 5.82 Å². The van der Waals surface area contributed by atoms with Gasteiger partial charge in [-0.3, -0.25) is 19.3 Å². The molecule has 1 N–H and O–H groups in total. The fraction of sp³-hybridized carbons (Fsp3) is 0.300. The molecule has 1 atom stereocenters. The van der Waals surface area contributed by atoms with Crippen LogP contribution in [0.15, 0.2) is 72.8 Å². The first-order chi connectivity index (χ1) is 18.9. The summed E-state index contributed by atoms with van der Waals surface area (Å²) in [4.78, 5) is 41.7. The Kier molecular flexibility index (Phi) is 7.76. The first kappa shape index (κ1) is 26.2. The van der Waals surface area contributed by atoms with Gasteiger partial charge in [-0.2, -0.15) is 0 Å². The Bertz CT molecular complexity index is 1490. The van der Waals surface area contributed by atoms with Crippen LogP contribution in [0.1, 0.15) is 61.0 Å². The predicted octanol–water partition coefficient (Wildman–Crippen LogP) is 5.00. The first-order valence-electron chi connectivity index (χ1n) is 13.2. The molecular weight excluding hydrogens is 497 g/mol. The highest BCUT2D eigenvalue weighted by Crippen LogP contribution is 2.31. The number of anilines is 1. The molecule has 1 unspecified atom stereocenters. The van der Waals surface area contributed by atoms with E-state index in [1.165, 1.54) is 40.8 Å². The summed E-state index contributed by atoms with van der Waals surface area (Å²) < 4.78 is 15.4. The van der Waals surface area contributed by atoms with Crippen LogP contribution in [0.3, 0.4) is 0 Å². The zero-order valence-corrected chi connectivity index (χ0v) is 21.7. The third kappa shape index (κ3) is 5.87. The van der Waals surface area contributed by atoms with E-state index in [0.717, 1.165) is 32.1 Å². The summed E-state index contributed by atoms with van der Waals surface area (Å²) in [6.45, 7) is 1.25. The average Bonchev–Trinajstić information content (AvgIpc) is 3.35. The molecule has 39 heavy (non-hydrogen) atoms. The van der Waals surface area contributed by atoms with Crippen LogP contribution in [0.4, 0.5) is 10.1 Å². The highest BCUT2D eigenvalue weighted by Gasteiger charge is 2.34. The number of para-hydroxylation sites is 1. The Balaban J connectivity index is 1.59. The number of hydrogen-bond donors (Lipinski definition) is 1. The number of halogens is 1. The van der Waals surface area contributed by atoms with E-state index in [-0.39, 0.29) is 24.3 Å². The van der Waals surface area contributed by atoms with Gasteiger partial charge in [0.15, 0.2) is 5.78 Å². The zero-order chi connectivity index (χ0) is 27.4. The van der Waals surface area contributed by atoms with Crippen LogP contribution >= 0.6 is 0 Å². The molecule has 0 spiro atoms. The summed E-state index contributed by atoms with van der Waals surface area (Å²) >= 11 is 0. The number of ketones is 1. The minimum Gasteiger partial charge on any atom is -0.351 e. The van der Waals surface area contributed by atoms with Crippen LogP contribution in [-0.4, -0.2) is 38.6 Å². The molecule has 8 nitrogen and oxygen atoms in total. The zero-order valence-electron chi connectivity index (χ0n) is 21.7. The van der Waals surface area contributed by atoms with E-state index in [9.17, 15) is 18.8 Å². The minimum atomic E-state index is -1.10. The number of amides is 2. The Hall–Kier alpha value is -4.40. The van der Waals surface area contributed by atoms with Crippen molar-refractivity contribution in [1.29, 1.82) is 0 Å². The highest BCUT2D eigenvalue weighted by molar-refractivity contribution is 6.03. The van der Waals surface area contributed by atoms with Gasteiger partial charge < -0.3 is 5.32 Å². The summed E-state index contributed by atoms with van der Waals surface area (Å²) in [5.74, 6) is -1.41. The molecule has 1 saturated carbocycles. The van der Waals surface area contributed by atoms with E-state index < -0.39 is 17.8 Å². The Morgan fingerprint density at radius 2 is 1.74 bits per heavy atom. The van der Waals surface area contributed by atoms with Gasteiger partial charge in [-0.25, -0.2) is 9.07 Å². The van der Waals surface area contributed by atoms with Crippen molar-refractivity contribution < 1.29 is 18.8 Å². The Morgan fingerprint density at radius 3 is 2.49 bits per heavy atom. The second kappa shape index (κ2) is 11.6. The minimum absolute atomic E-state index is 0.00559. The quantitative estimate of drug-likeness (QED) is 0.326. The van der Waals surface area contributed by atoms with E-state index >= 15 is 0 Å². The number of Topliss-reactive ketones (excluding diaryl/α,β-unsaturated/α-hetero) is 1. The predicted molar refractivity (Wildman–Crippen MR) is 146 cm³/mol. The second-order valence-corrected chi connectivity index (χ2v) is 9.90. The molecule has 1 heterocycles. The van der Waals surface area contributed by atoms with Crippen LogP contribution in [0.25, 0.3) is 11.0 Å². The maximum Gasteiger partial charge on any atom is 0.249 e. The van der Waals surface area contributed by atoms with Crippen molar-refractivity contribution in [2.75, 3.05) is 4.90 Å². The lowest BCUT2D eigenvalue weighted by molar-refractivity contribution is -0.127. The fourth-order valence-electron chi connectivity index (χ4n) is 5.14. The smallest absolute Gasteiger partial charge is 0.249 e. The van der Waals surface area contributed by atoms with Crippen molar-refractivity contribution in [2.45, 2.75) is 57.7 Å². The summed E-state index contributed by atoms with van der Waals surface area (Å²) in [6.07, 6.45) is 4.90. The van der Waals surface area contributed by atoms with E-state index in [1.807, 2.05) is 18.2 Å². The van der Waals surface area contributed by atoms with Gasteiger partial charge in [-0.15, -0.1) is 5.10 Å². The third-order valence-corrected chi connectivity index (χ3v) is 7.15. The van der Waals surface area contributed by atoms with Gasteiger partial charge in [-0.1, -0.05) is 60.9 Å². The molecule has 1 fully saturated rings. The Morgan fingerprint density at radius 1 is 1.00 bits per heavy atom. The summed E-state index contributed by atoms with van der Waals surface area (Å²) in [5, 5.41) is 11.4. The number of aromatic nitrogens is 3. The van der Waals surface area contributed by atoms with Crippen molar-refractivity contribution in [3.05, 3.63) is 89.7 Å². The average molecular weight is 528 g/mol. The van der Waals surface area contributed by atoms with Gasteiger partial charge in [0.2, 0.25) is 11.8 Å². The van der Waals surface area contributed by atoms with E-state index in [1.54, 1.807) is 30.3 Å².